The largest absolute Gasteiger partial charge is 0.453 e. The summed E-state index contributed by atoms with van der Waals surface area (Å²) < 4.78 is 4.62. The SMILES string of the molecule is CON(C)C(=O)[C@H](C)OC(C)=O. The molecule has 0 N–H and O–H groups in total. The molecule has 0 bridgehead atoms. The monoisotopic (exact) mass is 175 g/mol. The minimum atomic E-state index is -0.799. The molecule has 1 amide bonds. The minimum Gasteiger partial charge on any atom is -0.453 e. The van der Waals surface area contributed by atoms with Gasteiger partial charge in [0.1, 0.15) is 0 Å². The van der Waals surface area contributed by atoms with Gasteiger partial charge in [0.15, 0.2) is 6.10 Å². The van der Waals surface area contributed by atoms with Gasteiger partial charge in [0.2, 0.25) is 0 Å². The predicted octanol–water partition coefficient (Wildman–Crippen LogP) is -0.0422. The van der Waals surface area contributed by atoms with Crippen molar-refractivity contribution in [2.75, 3.05) is 14.2 Å². The highest BCUT2D eigenvalue weighted by Crippen LogP contribution is 1.97. The first-order chi connectivity index (χ1) is 5.49. The number of esters is 1. The third-order valence-corrected chi connectivity index (χ3v) is 1.27. The Balaban J connectivity index is 4.01. The molecular formula is C7H13NO4. The number of hydroxylamine groups is 2. The van der Waals surface area contributed by atoms with Crippen LogP contribution in [0.25, 0.3) is 0 Å². The van der Waals surface area contributed by atoms with Crippen molar-refractivity contribution in [2.24, 2.45) is 0 Å². The summed E-state index contributed by atoms with van der Waals surface area (Å²) in [5, 5.41) is 1.01. The second kappa shape index (κ2) is 4.71. The van der Waals surface area contributed by atoms with Crippen molar-refractivity contribution in [3.63, 3.8) is 0 Å². The molecule has 0 spiro atoms. The standard InChI is InChI=1S/C7H13NO4/c1-5(12-6(2)9)7(10)8(3)11-4/h5H,1-4H3/t5-/m0/s1. The van der Waals surface area contributed by atoms with Gasteiger partial charge in [-0.2, -0.15) is 0 Å². The summed E-state index contributed by atoms with van der Waals surface area (Å²) in [6, 6.07) is 0. The quantitative estimate of drug-likeness (QED) is 0.446. The number of hydrogen-bond donors (Lipinski definition) is 0. The van der Waals surface area contributed by atoms with E-state index in [1.807, 2.05) is 0 Å². The van der Waals surface area contributed by atoms with Crippen molar-refractivity contribution < 1.29 is 19.2 Å². The first kappa shape index (κ1) is 10.9. The Kier molecular flexibility index (Phi) is 4.28. The zero-order valence-corrected chi connectivity index (χ0v) is 7.66. The van der Waals surface area contributed by atoms with Gasteiger partial charge >= 0.3 is 5.97 Å². The maximum atomic E-state index is 11.1. The first-order valence-electron chi connectivity index (χ1n) is 3.48. The highest BCUT2D eigenvalue weighted by Gasteiger charge is 2.19. The summed E-state index contributed by atoms with van der Waals surface area (Å²) in [6.45, 7) is 2.73. The maximum absolute atomic E-state index is 11.1. The molecule has 0 saturated heterocycles. The molecule has 5 heteroatoms. The Morgan fingerprint density at radius 2 is 1.92 bits per heavy atom. The lowest BCUT2D eigenvalue weighted by Crippen LogP contribution is -2.36. The molecule has 0 saturated carbocycles. The average molecular weight is 175 g/mol. The predicted molar refractivity (Wildman–Crippen MR) is 41.0 cm³/mol. The Bertz CT molecular complexity index is 180. The molecule has 0 aliphatic rings. The average Bonchev–Trinajstić information content (AvgIpc) is 2.00. The van der Waals surface area contributed by atoms with Gasteiger partial charge in [-0.25, -0.2) is 5.06 Å². The van der Waals surface area contributed by atoms with Crippen molar-refractivity contribution in [1.82, 2.24) is 5.06 Å². The maximum Gasteiger partial charge on any atom is 0.303 e. The molecule has 70 valence electrons. The fourth-order valence-electron chi connectivity index (χ4n) is 0.645. The lowest BCUT2D eigenvalue weighted by molar-refractivity contribution is -0.182. The normalized spacial score (nSPS) is 12.0. The fourth-order valence-corrected chi connectivity index (χ4v) is 0.645. The highest BCUT2D eigenvalue weighted by molar-refractivity contribution is 5.81. The summed E-state index contributed by atoms with van der Waals surface area (Å²) in [5.41, 5.74) is 0. The Labute approximate surface area is 71.2 Å². The molecule has 0 radical (unpaired) electrons. The molecule has 0 fully saturated rings. The molecule has 0 aliphatic carbocycles. The Morgan fingerprint density at radius 3 is 2.25 bits per heavy atom. The summed E-state index contributed by atoms with van der Waals surface area (Å²) >= 11 is 0. The number of likely N-dealkylation sites (N-methyl/N-ethyl adjacent to an activating group) is 1. The Morgan fingerprint density at radius 1 is 1.42 bits per heavy atom. The van der Waals surface area contributed by atoms with Crippen molar-refractivity contribution in [3.8, 4) is 0 Å². The lowest BCUT2D eigenvalue weighted by atomic mass is 10.4. The molecule has 0 aromatic carbocycles. The van der Waals surface area contributed by atoms with Crippen LogP contribution in [-0.4, -0.2) is 37.2 Å². The van der Waals surface area contributed by atoms with E-state index in [0.717, 1.165) is 5.06 Å². The van der Waals surface area contributed by atoms with E-state index in [-0.39, 0.29) is 0 Å². The highest BCUT2D eigenvalue weighted by atomic mass is 16.7. The molecule has 0 aromatic rings. The van der Waals surface area contributed by atoms with Crippen LogP contribution in [0.15, 0.2) is 0 Å². The van der Waals surface area contributed by atoms with Crippen LogP contribution < -0.4 is 0 Å². The third kappa shape index (κ3) is 3.34. The minimum absolute atomic E-state index is 0.396. The van der Waals surface area contributed by atoms with Crippen molar-refractivity contribution >= 4 is 11.9 Å². The smallest absolute Gasteiger partial charge is 0.303 e. The molecule has 0 aromatic heterocycles. The van der Waals surface area contributed by atoms with Crippen LogP contribution in [0.2, 0.25) is 0 Å². The van der Waals surface area contributed by atoms with Crippen LogP contribution in [0.1, 0.15) is 13.8 Å². The van der Waals surface area contributed by atoms with Gasteiger partial charge in [-0.1, -0.05) is 0 Å². The van der Waals surface area contributed by atoms with Gasteiger partial charge in [0.25, 0.3) is 5.91 Å². The second-order valence-electron chi connectivity index (χ2n) is 2.27. The van der Waals surface area contributed by atoms with Crippen LogP contribution in [0.5, 0.6) is 0 Å². The van der Waals surface area contributed by atoms with Crippen molar-refractivity contribution in [1.29, 1.82) is 0 Å². The summed E-state index contributed by atoms with van der Waals surface area (Å²) in [4.78, 5) is 26.2. The van der Waals surface area contributed by atoms with E-state index in [9.17, 15) is 9.59 Å². The molecule has 12 heavy (non-hydrogen) atoms. The van der Waals surface area contributed by atoms with Gasteiger partial charge in [-0.3, -0.25) is 14.4 Å². The van der Waals surface area contributed by atoms with E-state index in [4.69, 9.17) is 0 Å². The van der Waals surface area contributed by atoms with Crippen LogP contribution in [0, 0.1) is 0 Å². The third-order valence-electron chi connectivity index (χ3n) is 1.27. The van der Waals surface area contributed by atoms with E-state index >= 15 is 0 Å². The van der Waals surface area contributed by atoms with Gasteiger partial charge in [0, 0.05) is 14.0 Å². The topological polar surface area (TPSA) is 55.8 Å². The molecule has 1 atom stereocenters. The van der Waals surface area contributed by atoms with Crippen LogP contribution in [0.4, 0.5) is 0 Å². The number of hydrogen-bond acceptors (Lipinski definition) is 4. The fraction of sp³-hybridized carbons (Fsp3) is 0.714. The van der Waals surface area contributed by atoms with Crippen LogP contribution in [0.3, 0.4) is 0 Å². The number of amides is 1. The number of rotatable bonds is 3. The molecule has 0 unspecified atom stereocenters. The molecule has 0 heterocycles. The molecule has 0 rings (SSSR count). The van der Waals surface area contributed by atoms with Crippen molar-refractivity contribution in [3.05, 3.63) is 0 Å². The van der Waals surface area contributed by atoms with E-state index in [0.29, 0.717) is 0 Å². The summed E-state index contributed by atoms with van der Waals surface area (Å²) in [5.74, 6) is -0.881. The summed E-state index contributed by atoms with van der Waals surface area (Å²) in [6.07, 6.45) is -0.799. The molecule has 0 aliphatic heterocycles. The first-order valence-corrected chi connectivity index (χ1v) is 3.48. The van der Waals surface area contributed by atoms with Gasteiger partial charge in [-0.05, 0) is 6.92 Å². The van der Waals surface area contributed by atoms with E-state index < -0.39 is 18.0 Å². The van der Waals surface area contributed by atoms with Gasteiger partial charge < -0.3 is 4.74 Å². The second-order valence-corrected chi connectivity index (χ2v) is 2.27. The molecule has 5 nitrogen and oxygen atoms in total. The van der Waals surface area contributed by atoms with Gasteiger partial charge in [0.05, 0.1) is 7.11 Å². The van der Waals surface area contributed by atoms with Crippen LogP contribution >= 0.6 is 0 Å². The Hall–Kier alpha value is -1.10. The van der Waals surface area contributed by atoms with Crippen LogP contribution in [-0.2, 0) is 19.2 Å². The zero-order chi connectivity index (χ0) is 9.72. The summed E-state index contributed by atoms with van der Waals surface area (Å²) in [7, 11) is 2.81. The lowest BCUT2D eigenvalue weighted by Gasteiger charge is -2.17. The number of carbonyl (C=O) groups excluding carboxylic acids is 2. The number of carbonyl (C=O) groups is 2. The van der Waals surface area contributed by atoms with Gasteiger partial charge in [-0.15, -0.1) is 0 Å². The number of nitrogens with zero attached hydrogens (tertiary/aromatic N) is 1. The van der Waals surface area contributed by atoms with E-state index in [2.05, 4.69) is 9.57 Å². The molecular weight excluding hydrogens is 162 g/mol. The van der Waals surface area contributed by atoms with E-state index in [1.54, 1.807) is 0 Å². The van der Waals surface area contributed by atoms with E-state index in [1.165, 1.54) is 28.0 Å². The van der Waals surface area contributed by atoms with Crippen molar-refractivity contribution in [2.45, 2.75) is 20.0 Å². The zero-order valence-electron chi connectivity index (χ0n) is 7.66. The number of ether oxygens (including phenoxy) is 1.